The van der Waals surface area contributed by atoms with Crippen molar-refractivity contribution in [2.75, 3.05) is 0 Å². The second-order valence-corrected chi connectivity index (χ2v) is 7.79. The summed E-state index contributed by atoms with van der Waals surface area (Å²) in [5, 5.41) is 11.8. The van der Waals surface area contributed by atoms with E-state index in [1.54, 1.807) is 20.8 Å². The van der Waals surface area contributed by atoms with Crippen LogP contribution in [-0.2, 0) is 9.53 Å². The molecule has 23 heavy (non-hydrogen) atoms. The van der Waals surface area contributed by atoms with Gasteiger partial charge >= 0.3 is 12.1 Å². The molecule has 0 aromatic carbocycles. The third kappa shape index (κ3) is 5.56. The summed E-state index contributed by atoms with van der Waals surface area (Å²) in [6.07, 6.45) is 7.17. The molecule has 1 aliphatic rings. The predicted molar refractivity (Wildman–Crippen MR) is 90.3 cm³/mol. The van der Waals surface area contributed by atoms with Gasteiger partial charge in [-0.2, -0.15) is 0 Å². The van der Waals surface area contributed by atoms with Crippen LogP contribution in [0.1, 0.15) is 66.2 Å². The van der Waals surface area contributed by atoms with Crippen LogP contribution in [0.25, 0.3) is 0 Å². The van der Waals surface area contributed by atoms with Crippen molar-refractivity contribution in [1.29, 1.82) is 0 Å². The van der Waals surface area contributed by atoms with Crippen LogP contribution in [0.15, 0.2) is 12.7 Å². The van der Waals surface area contributed by atoms with E-state index in [-0.39, 0.29) is 0 Å². The average molecular weight is 325 g/mol. The molecule has 0 spiro atoms. The van der Waals surface area contributed by atoms with Gasteiger partial charge in [-0.15, -0.1) is 6.58 Å². The van der Waals surface area contributed by atoms with Crippen LogP contribution < -0.4 is 5.32 Å². The number of carboxylic acids is 1. The highest BCUT2D eigenvalue weighted by atomic mass is 16.6. The van der Waals surface area contributed by atoms with Crippen LogP contribution in [0.3, 0.4) is 0 Å². The molecule has 1 amide bonds. The lowest BCUT2D eigenvalue weighted by atomic mass is 9.87. The lowest BCUT2D eigenvalue weighted by Gasteiger charge is -2.34. The van der Waals surface area contributed by atoms with E-state index in [0.29, 0.717) is 5.92 Å². The molecule has 5 heteroatoms. The van der Waals surface area contributed by atoms with Crippen LogP contribution >= 0.6 is 0 Å². The molecule has 2 N–H and O–H groups in total. The summed E-state index contributed by atoms with van der Waals surface area (Å²) in [6.45, 7) is 11.0. The third-order valence-corrected chi connectivity index (χ3v) is 4.75. The molecule has 0 aromatic heterocycles. The maximum Gasteiger partial charge on any atom is 0.408 e. The molecule has 0 radical (unpaired) electrons. The molecule has 132 valence electrons. The van der Waals surface area contributed by atoms with Gasteiger partial charge in [0, 0.05) is 0 Å². The maximum atomic E-state index is 12.2. The van der Waals surface area contributed by atoms with Crippen molar-refractivity contribution in [2.24, 2.45) is 11.3 Å². The van der Waals surface area contributed by atoms with Gasteiger partial charge in [-0.05, 0) is 56.8 Å². The number of ether oxygens (including phenoxy) is 1. The van der Waals surface area contributed by atoms with E-state index < -0.39 is 29.1 Å². The zero-order chi connectivity index (χ0) is 17.7. The number of unbranched alkanes of at least 4 members (excludes halogenated alkanes) is 1. The third-order valence-electron chi connectivity index (χ3n) is 4.75. The second-order valence-electron chi connectivity index (χ2n) is 7.79. The average Bonchev–Trinajstić information content (AvgIpc) is 2.76. The Morgan fingerprint density at radius 3 is 2.65 bits per heavy atom. The van der Waals surface area contributed by atoms with Crippen LogP contribution in [0.2, 0.25) is 0 Å². The first kappa shape index (κ1) is 19.5. The summed E-state index contributed by atoms with van der Waals surface area (Å²) in [5.41, 5.74) is -1.09. The number of hydrogen-bond donors (Lipinski definition) is 2. The second kappa shape index (κ2) is 7.84. The fourth-order valence-corrected chi connectivity index (χ4v) is 3.31. The molecule has 0 bridgehead atoms. The minimum atomic E-state index is -1.05. The predicted octanol–water partition coefficient (Wildman–Crippen LogP) is 4.13. The number of carbonyl (C=O) groups is 2. The Bertz CT molecular complexity index is 441. The van der Waals surface area contributed by atoms with E-state index >= 15 is 0 Å². The number of hydrogen-bond acceptors (Lipinski definition) is 3. The lowest BCUT2D eigenvalue weighted by molar-refractivity contribution is -0.142. The SMILES string of the molecule is C=CCCC[C@@H]1CCC[C@@]1(C)OC(=O)N[C@H](C(=O)O)C(C)(C)C. The molecule has 5 nitrogen and oxygen atoms in total. The van der Waals surface area contributed by atoms with Gasteiger partial charge in [-0.25, -0.2) is 9.59 Å². The molecular formula is C18H31NO4. The molecule has 0 saturated heterocycles. The fourth-order valence-electron chi connectivity index (χ4n) is 3.31. The zero-order valence-corrected chi connectivity index (χ0v) is 14.9. The van der Waals surface area contributed by atoms with Gasteiger partial charge in [0.1, 0.15) is 11.6 Å². The Hall–Kier alpha value is -1.52. The highest BCUT2D eigenvalue weighted by Crippen LogP contribution is 2.41. The maximum absolute atomic E-state index is 12.2. The first-order chi connectivity index (χ1) is 10.6. The summed E-state index contributed by atoms with van der Waals surface area (Å²) in [6, 6.07) is -0.973. The molecule has 1 fully saturated rings. The molecule has 0 aromatic rings. The smallest absolute Gasteiger partial charge is 0.408 e. The first-order valence-corrected chi connectivity index (χ1v) is 8.43. The van der Waals surface area contributed by atoms with Gasteiger partial charge in [-0.1, -0.05) is 26.8 Å². The molecular weight excluding hydrogens is 294 g/mol. The molecule has 0 unspecified atom stereocenters. The minimum Gasteiger partial charge on any atom is -0.480 e. The molecule has 1 rings (SSSR count). The number of carboxylic acid groups (broad SMARTS) is 1. The summed E-state index contributed by atoms with van der Waals surface area (Å²) in [4.78, 5) is 23.6. The lowest BCUT2D eigenvalue weighted by Crippen LogP contribution is -2.51. The fraction of sp³-hybridized carbons (Fsp3) is 0.778. The van der Waals surface area contributed by atoms with Crippen LogP contribution in [-0.4, -0.2) is 28.8 Å². The summed E-state index contributed by atoms with van der Waals surface area (Å²) < 4.78 is 5.68. The van der Waals surface area contributed by atoms with Crippen molar-refractivity contribution in [3.8, 4) is 0 Å². The Morgan fingerprint density at radius 2 is 2.13 bits per heavy atom. The number of nitrogens with one attached hydrogen (secondary N) is 1. The molecule has 0 aliphatic heterocycles. The largest absolute Gasteiger partial charge is 0.480 e. The Labute approximate surface area is 139 Å². The van der Waals surface area contributed by atoms with E-state index in [1.807, 2.05) is 13.0 Å². The van der Waals surface area contributed by atoms with Crippen LogP contribution in [0, 0.1) is 11.3 Å². The van der Waals surface area contributed by atoms with Gasteiger partial charge in [0.25, 0.3) is 0 Å². The number of amides is 1. The normalized spacial score (nSPS) is 25.7. The Kier molecular flexibility index (Phi) is 6.66. The van der Waals surface area contributed by atoms with Gasteiger partial charge in [0.2, 0.25) is 0 Å². The monoisotopic (exact) mass is 325 g/mol. The van der Waals surface area contributed by atoms with E-state index in [0.717, 1.165) is 38.5 Å². The van der Waals surface area contributed by atoms with E-state index in [4.69, 9.17) is 4.74 Å². The summed E-state index contributed by atoms with van der Waals surface area (Å²) >= 11 is 0. The van der Waals surface area contributed by atoms with E-state index in [2.05, 4.69) is 11.9 Å². The molecule has 1 aliphatic carbocycles. The summed E-state index contributed by atoms with van der Waals surface area (Å²) in [5.74, 6) is -0.723. The van der Waals surface area contributed by atoms with E-state index in [1.165, 1.54) is 0 Å². The zero-order valence-electron chi connectivity index (χ0n) is 14.9. The van der Waals surface area contributed by atoms with Crippen LogP contribution in [0.4, 0.5) is 4.79 Å². The van der Waals surface area contributed by atoms with Crippen molar-refractivity contribution in [3.63, 3.8) is 0 Å². The van der Waals surface area contributed by atoms with Crippen molar-refractivity contribution in [1.82, 2.24) is 5.32 Å². The quantitative estimate of drug-likeness (QED) is 0.545. The van der Waals surface area contributed by atoms with Crippen molar-refractivity contribution < 1.29 is 19.4 Å². The summed E-state index contributed by atoms with van der Waals surface area (Å²) in [7, 11) is 0. The highest BCUT2D eigenvalue weighted by Gasteiger charge is 2.43. The minimum absolute atomic E-state index is 0.325. The molecule has 1 saturated carbocycles. The number of aliphatic carboxylic acids is 1. The van der Waals surface area contributed by atoms with Gasteiger partial charge in [0.15, 0.2) is 0 Å². The Balaban J connectivity index is 2.66. The topological polar surface area (TPSA) is 75.6 Å². The van der Waals surface area contributed by atoms with E-state index in [9.17, 15) is 14.7 Å². The van der Waals surface area contributed by atoms with Gasteiger partial charge in [-0.3, -0.25) is 0 Å². The number of allylic oxidation sites excluding steroid dienone is 1. The highest BCUT2D eigenvalue weighted by molar-refractivity contribution is 5.80. The van der Waals surface area contributed by atoms with Crippen LogP contribution in [0.5, 0.6) is 0 Å². The molecule has 0 heterocycles. The van der Waals surface area contributed by atoms with Crippen molar-refractivity contribution in [3.05, 3.63) is 12.7 Å². The molecule has 3 atom stereocenters. The van der Waals surface area contributed by atoms with Crippen molar-refractivity contribution in [2.45, 2.75) is 77.9 Å². The standard InChI is InChI=1S/C18H31NO4/c1-6-7-8-10-13-11-9-12-18(13,5)23-16(22)19-14(15(20)21)17(2,3)4/h6,13-14H,1,7-12H2,2-5H3,(H,19,22)(H,20,21)/t13-,14-,18-/m1/s1. The number of rotatable bonds is 7. The van der Waals surface area contributed by atoms with Crippen molar-refractivity contribution >= 4 is 12.1 Å². The Morgan fingerprint density at radius 1 is 1.48 bits per heavy atom. The number of alkyl carbamates (subject to hydrolysis) is 1. The first-order valence-electron chi connectivity index (χ1n) is 8.43. The van der Waals surface area contributed by atoms with Gasteiger partial charge < -0.3 is 15.2 Å². The number of carbonyl (C=O) groups excluding carboxylic acids is 1. The van der Waals surface area contributed by atoms with Gasteiger partial charge in [0.05, 0.1) is 0 Å².